The van der Waals surface area contributed by atoms with Gasteiger partial charge in [0.15, 0.2) is 0 Å². The molecular formula is C15H23NOS. The fourth-order valence-corrected chi connectivity index (χ4v) is 2.18. The normalized spacial score (nSPS) is 10.5. The molecule has 0 saturated carbocycles. The van der Waals surface area contributed by atoms with E-state index in [1.807, 2.05) is 7.05 Å². The Kier molecular flexibility index (Phi) is 5.73. The average Bonchev–Trinajstić information content (AvgIpc) is 2.32. The van der Waals surface area contributed by atoms with Crippen molar-refractivity contribution in [2.24, 2.45) is 0 Å². The van der Waals surface area contributed by atoms with Gasteiger partial charge in [-0.25, -0.2) is 0 Å². The van der Waals surface area contributed by atoms with Crippen LogP contribution >= 0.6 is 12.6 Å². The maximum atomic E-state index is 11.6. The zero-order valence-electron chi connectivity index (χ0n) is 11.8. The molecule has 0 saturated heterocycles. The maximum absolute atomic E-state index is 11.6. The quantitative estimate of drug-likeness (QED) is 0.812. The minimum Gasteiger partial charge on any atom is -0.345 e. The van der Waals surface area contributed by atoms with Crippen molar-refractivity contribution in [2.45, 2.75) is 33.6 Å². The third-order valence-corrected chi connectivity index (χ3v) is 3.64. The summed E-state index contributed by atoms with van der Waals surface area (Å²) in [6.45, 7) is 7.18. The molecule has 100 valence electrons. The molecule has 18 heavy (non-hydrogen) atoms. The second kappa shape index (κ2) is 6.83. The minimum absolute atomic E-state index is 0.173. The number of carbonyl (C=O) groups is 1. The molecule has 0 aromatic heterocycles. The van der Waals surface area contributed by atoms with Gasteiger partial charge in [0.05, 0.1) is 0 Å². The first-order chi connectivity index (χ1) is 8.45. The summed E-state index contributed by atoms with van der Waals surface area (Å²) >= 11 is 4.09. The molecule has 3 heteroatoms. The van der Waals surface area contributed by atoms with Gasteiger partial charge in [0.2, 0.25) is 5.91 Å². The predicted molar refractivity (Wildman–Crippen MR) is 80.5 cm³/mol. The molecule has 0 fully saturated rings. The number of nitrogens with zero attached hydrogens (tertiary/aromatic N) is 1. The van der Waals surface area contributed by atoms with Gasteiger partial charge < -0.3 is 4.90 Å². The summed E-state index contributed by atoms with van der Waals surface area (Å²) in [6.07, 6.45) is 1.44. The zero-order chi connectivity index (χ0) is 13.7. The van der Waals surface area contributed by atoms with Gasteiger partial charge in [-0.1, -0.05) is 12.1 Å². The molecule has 1 aromatic carbocycles. The molecule has 1 aromatic rings. The van der Waals surface area contributed by atoms with Gasteiger partial charge in [-0.15, -0.1) is 0 Å². The summed E-state index contributed by atoms with van der Waals surface area (Å²) in [5.74, 6) is 0.790. The topological polar surface area (TPSA) is 20.3 Å². The lowest BCUT2D eigenvalue weighted by Gasteiger charge is -2.18. The molecule has 0 unspecified atom stereocenters. The van der Waals surface area contributed by atoms with E-state index in [-0.39, 0.29) is 5.91 Å². The largest absolute Gasteiger partial charge is 0.345 e. The summed E-state index contributed by atoms with van der Waals surface area (Å²) in [4.78, 5) is 13.4. The summed E-state index contributed by atoms with van der Waals surface area (Å²) in [6, 6.07) is 4.46. The van der Waals surface area contributed by atoms with Crippen molar-refractivity contribution in [3.05, 3.63) is 34.4 Å². The van der Waals surface area contributed by atoms with Crippen LogP contribution in [-0.4, -0.2) is 30.2 Å². The van der Waals surface area contributed by atoms with E-state index < -0.39 is 0 Å². The highest BCUT2D eigenvalue weighted by Crippen LogP contribution is 2.16. The number of likely N-dealkylation sites (N-methyl/N-ethyl adjacent to an activating group) is 1. The molecule has 2 nitrogen and oxygen atoms in total. The third kappa shape index (κ3) is 4.05. The smallest absolute Gasteiger partial charge is 0.223 e. The molecule has 0 aliphatic carbocycles. The fourth-order valence-electron chi connectivity index (χ4n) is 1.99. The van der Waals surface area contributed by atoms with E-state index in [4.69, 9.17) is 0 Å². The van der Waals surface area contributed by atoms with Crippen molar-refractivity contribution in [1.82, 2.24) is 4.90 Å². The monoisotopic (exact) mass is 265 g/mol. The van der Waals surface area contributed by atoms with Crippen LogP contribution in [0.25, 0.3) is 0 Å². The Morgan fingerprint density at radius 1 is 1.17 bits per heavy atom. The van der Waals surface area contributed by atoms with Gasteiger partial charge in [0.1, 0.15) is 0 Å². The first-order valence-corrected chi connectivity index (χ1v) is 7.00. The zero-order valence-corrected chi connectivity index (χ0v) is 12.7. The number of hydrogen-bond acceptors (Lipinski definition) is 2. The number of aryl methyl sites for hydroxylation is 3. The number of carbonyl (C=O) groups excluding carboxylic acids is 1. The molecular weight excluding hydrogens is 242 g/mol. The van der Waals surface area contributed by atoms with Crippen molar-refractivity contribution in [3.63, 3.8) is 0 Å². The molecule has 0 aliphatic heterocycles. The number of rotatable bonds is 5. The Hall–Kier alpha value is -0.960. The van der Waals surface area contributed by atoms with E-state index in [0.717, 1.165) is 13.0 Å². The summed E-state index contributed by atoms with van der Waals surface area (Å²) < 4.78 is 0. The average molecular weight is 265 g/mol. The SMILES string of the molecule is Cc1cc(C)c(CCN(C)C(=O)CCS)cc1C. The van der Waals surface area contributed by atoms with Gasteiger partial charge in [-0.05, 0) is 55.2 Å². The van der Waals surface area contributed by atoms with Crippen LogP contribution in [0.4, 0.5) is 0 Å². The summed E-state index contributed by atoms with van der Waals surface area (Å²) in [5, 5.41) is 0. The lowest BCUT2D eigenvalue weighted by atomic mass is 9.99. The highest BCUT2D eigenvalue weighted by molar-refractivity contribution is 7.80. The van der Waals surface area contributed by atoms with E-state index in [1.165, 1.54) is 22.3 Å². The predicted octanol–water partition coefficient (Wildman–Crippen LogP) is 2.93. The van der Waals surface area contributed by atoms with Crippen LogP contribution < -0.4 is 0 Å². The second-order valence-corrected chi connectivity index (χ2v) is 5.35. The molecule has 1 rings (SSSR count). The van der Waals surface area contributed by atoms with Crippen molar-refractivity contribution in [1.29, 1.82) is 0 Å². The first kappa shape index (κ1) is 15.1. The molecule has 0 spiro atoms. The standard InChI is InChI=1S/C15H23NOS/c1-11-9-13(3)14(10-12(11)2)5-7-16(4)15(17)6-8-18/h9-10,18H,5-8H2,1-4H3. The Morgan fingerprint density at radius 2 is 1.78 bits per heavy atom. The van der Waals surface area contributed by atoms with E-state index in [0.29, 0.717) is 12.2 Å². The molecule has 1 amide bonds. The van der Waals surface area contributed by atoms with E-state index in [2.05, 4.69) is 45.5 Å². The van der Waals surface area contributed by atoms with Crippen molar-refractivity contribution in [3.8, 4) is 0 Å². The van der Waals surface area contributed by atoms with Gasteiger partial charge in [-0.3, -0.25) is 4.79 Å². The van der Waals surface area contributed by atoms with Crippen LogP contribution in [-0.2, 0) is 11.2 Å². The van der Waals surface area contributed by atoms with Gasteiger partial charge in [0.25, 0.3) is 0 Å². The van der Waals surface area contributed by atoms with Gasteiger partial charge in [0, 0.05) is 20.0 Å². The number of benzene rings is 1. The Balaban J connectivity index is 2.63. The third-order valence-electron chi connectivity index (χ3n) is 3.42. The lowest BCUT2D eigenvalue weighted by Crippen LogP contribution is -2.29. The van der Waals surface area contributed by atoms with Crippen LogP contribution in [0.3, 0.4) is 0 Å². The Labute approximate surface area is 116 Å². The summed E-state index contributed by atoms with van der Waals surface area (Å²) in [5.41, 5.74) is 5.30. The van der Waals surface area contributed by atoms with Crippen LogP contribution in [0.1, 0.15) is 28.7 Å². The lowest BCUT2D eigenvalue weighted by molar-refractivity contribution is -0.129. The molecule has 0 bridgehead atoms. The molecule has 0 atom stereocenters. The minimum atomic E-state index is 0.173. The van der Waals surface area contributed by atoms with Crippen molar-refractivity contribution in [2.75, 3.05) is 19.3 Å². The van der Waals surface area contributed by atoms with E-state index in [1.54, 1.807) is 4.90 Å². The number of thiol groups is 1. The van der Waals surface area contributed by atoms with Gasteiger partial charge in [-0.2, -0.15) is 12.6 Å². The van der Waals surface area contributed by atoms with Crippen molar-refractivity contribution >= 4 is 18.5 Å². The number of amides is 1. The van der Waals surface area contributed by atoms with Crippen molar-refractivity contribution < 1.29 is 4.79 Å². The number of hydrogen-bond donors (Lipinski definition) is 1. The molecule has 0 aliphatic rings. The Bertz CT molecular complexity index is 429. The first-order valence-electron chi connectivity index (χ1n) is 6.37. The van der Waals surface area contributed by atoms with E-state index >= 15 is 0 Å². The highest BCUT2D eigenvalue weighted by Gasteiger charge is 2.08. The van der Waals surface area contributed by atoms with Gasteiger partial charge >= 0.3 is 0 Å². The molecule has 0 radical (unpaired) electrons. The highest BCUT2D eigenvalue weighted by atomic mass is 32.1. The van der Waals surface area contributed by atoms with E-state index in [9.17, 15) is 4.79 Å². The molecule has 0 heterocycles. The van der Waals surface area contributed by atoms with Crippen LogP contribution in [0.5, 0.6) is 0 Å². The Morgan fingerprint density at radius 3 is 2.39 bits per heavy atom. The van der Waals surface area contributed by atoms with Crippen LogP contribution in [0, 0.1) is 20.8 Å². The second-order valence-electron chi connectivity index (χ2n) is 4.90. The molecule has 0 N–H and O–H groups in total. The maximum Gasteiger partial charge on any atom is 0.223 e. The van der Waals surface area contributed by atoms with Crippen LogP contribution in [0.15, 0.2) is 12.1 Å². The summed E-state index contributed by atoms with van der Waals surface area (Å²) in [7, 11) is 1.86. The fraction of sp³-hybridized carbons (Fsp3) is 0.533. The van der Waals surface area contributed by atoms with Crippen LogP contribution in [0.2, 0.25) is 0 Å².